The van der Waals surface area contributed by atoms with E-state index >= 15 is 0 Å². The minimum absolute atomic E-state index is 0.210. The Morgan fingerprint density at radius 2 is 2.04 bits per heavy atom. The van der Waals surface area contributed by atoms with Gasteiger partial charge in [-0.15, -0.1) is 10.2 Å². The Balaban J connectivity index is 1.62. The highest BCUT2D eigenvalue weighted by Crippen LogP contribution is 2.23. The summed E-state index contributed by atoms with van der Waals surface area (Å²) in [5, 5.41) is 16.5. The standard InChI is InChI=1S/C16H16N4O2S/c1-10(2)12-8-13(22-20-12)15(21)17-9-14-18-19-16(23-14)11-6-4-3-5-7-11/h3-8,10H,9H2,1-2H3,(H,17,21). The molecule has 7 heteroatoms. The van der Waals surface area contributed by atoms with Crippen LogP contribution in [0.3, 0.4) is 0 Å². The van der Waals surface area contributed by atoms with Gasteiger partial charge in [-0.05, 0) is 5.92 Å². The van der Waals surface area contributed by atoms with Gasteiger partial charge in [0, 0.05) is 11.6 Å². The minimum Gasteiger partial charge on any atom is -0.351 e. The number of rotatable bonds is 5. The van der Waals surface area contributed by atoms with Crippen molar-refractivity contribution in [2.45, 2.75) is 26.3 Å². The second kappa shape index (κ2) is 6.70. The van der Waals surface area contributed by atoms with Crippen LogP contribution in [0, 0.1) is 0 Å². The molecule has 118 valence electrons. The quantitative estimate of drug-likeness (QED) is 0.777. The van der Waals surface area contributed by atoms with Gasteiger partial charge in [0.1, 0.15) is 10.0 Å². The van der Waals surface area contributed by atoms with Crippen molar-refractivity contribution in [2.75, 3.05) is 0 Å². The molecule has 0 bridgehead atoms. The zero-order valence-electron chi connectivity index (χ0n) is 12.8. The molecular weight excluding hydrogens is 312 g/mol. The zero-order valence-corrected chi connectivity index (χ0v) is 13.6. The van der Waals surface area contributed by atoms with Crippen molar-refractivity contribution in [1.29, 1.82) is 0 Å². The van der Waals surface area contributed by atoms with Crippen LogP contribution < -0.4 is 5.32 Å². The predicted octanol–water partition coefficient (Wildman–Crippen LogP) is 3.25. The number of benzene rings is 1. The smallest absolute Gasteiger partial charge is 0.290 e. The van der Waals surface area contributed by atoms with Crippen molar-refractivity contribution >= 4 is 17.2 Å². The second-order valence-corrected chi connectivity index (χ2v) is 6.38. The molecule has 0 aliphatic carbocycles. The Morgan fingerprint density at radius 1 is 1.26 bits per heavy atom. The maximum absolute atomic E-state index is 12.0. The largest absolute Gasteiger partial charge is 0.351 e. The first kappa shape index (κ1) is 15.4. The van der Waals surface area contributed by atoms with Gasteiger partial charge in [0.15, 0.2) is 0 Å². The number of hydrogen-bond donors (Lipinski definition) is 1. The molecule has 0 unspecified atom stereocenters. The van der Waals surface area contributed by atoms with Crippen molar-refractivity contribution < 1.29 is 9.32 Å². The van der Waals surface area contributed by atoms with E-state index in [2.05, 4.69) is 20.7 Å². The van der Waals surface area contributed by atoms with Crippen LogP contribution in [0.1, 0.15) is 41.0 Å². The zero-order chi connectivity index (χ0) is 16.2. The van der Waals surface area contributed by atoms with Crippen LogP contribution >= 0.6 is 11.3 Å². The van der Waals surface area contributed by atoms with Gasteiger partial charge in [0.25, 0.3) is 5.91 Å². The summed E-state index contributed by atoms with van der Waals surface area (Å²) in [4.78, 5) is 12.0. The second-order valence-electron chi connectivity index (χ2n) is 5.32. The van der Waals surface area contributed by atoms with E-state index < -0.39 is 0 Å². The monoisotopic (exact) mass is 328 g/mol. The normalized spacial score (nSPS) is 10.9. The highest BCUT2D eigenvalue weighted by atomic mass is 32.1. The maximum Gasteiger partial charge on any atom is 0.290 e. The third-order valence-corrected chi connectivity index (χ3v) is 4.20. The van der Waals surface area contributed by atoms with E-state index in [4.69, 9.17) is 4.52 Å². The molecule has 1 aromatic carbocycles. The van der Waals surface area contributed by atoms with Gasteiger partial charge in [0.2, 0.25) is 5.76 Å². The summed E-state index contributed by atoms with van der Waals surface area (Å²) in [5.74, 6) is 0.124. The average molecular weight is 328 g/mol. The fraction of sp³-hybridized carbons (Fsp3) is 0.250. The topological polar surface area (TPSA) is 80.9 Å². The lowest BCUT2D eigenvalue weighted by Crippen LogP contribution is -2.22. The number of hydrogen-bond acceptors (Lipinski definition) is 6. The van der Waals surface area contributed by atoms with Crippen LogP contribution in [-0.2, 0) is 6.54 Å². The molecule has 0 saturated heterocycles. The molecule has 0 spiro atoms. The fourth-order valence-electron chi connectivity index (χ4n) is 1.93. The molecule has 0 radical (unpaired) electrons. The van der Waals surface area contributed by atoms with E-state index in [1.54, 1.807) is 6.07 Å². The Hall–Kier alpha value is -2.54. The molecule has 3 aromatic rings. The summed E-state index contributed by atoms with van der Waals surface area (Å²) >= 11 is 1.45. The first-order valence-electron chi connectivity index (χ1n) is 7.26. The fourth-order valence-corrected chi connectivity index (χ4v) is 2.72. The highest BCUT2D eigenvalue weighted by Gasteiger charge is 2.15. The lowest BCUT2D eigenvalue weighted by atomic mass is 10.1. The molecule has 1 N–H and O–H groups in total. The molecule has 3 rings (SSSR count). The van der Waals surface area contributed by atoms with Crippen LogP contribution in [0.25, 0.3) is 10.6 Å². The summed E-state index contributed by atoms with van der Waals surface area (Å²) in [6, 6.07) is 11.5. The Kier molecular flexibility index (Phi) is 4.47. The molecule has 6 nitrogen and oxygen atoms in total. The van der Waals surface area contributed by atoms with Crippen LogP contribution in [0.4, 0.5) is 0 Å². The Bertz CT molecular complexity index is 795. The third-order valence-electron chi connectivity index (χ3n) is 3.23. The highest BCUT2D eigenvalue weighted by molar-refractivity contribution is 7.14. The minimum atomic E-state index is -0.305. The molecule has 0 fully saturated rings. The van der Waals surface area contributed by atoms with Gasteiger partial charge in [0.05, 0.1) is 12.2 Å². The summed E-state index contributed by atoms with van der Waals surface area (Å²) in [5.41, 5.74) is 1.77. The van der Waals surface area contributed by atoms with Crippen LogP contribution in [-0.4, -0.2) is 21.3 Å². The molecule has 0 aliphatic heterocycles. The van der Waals surface area contributed by atoms with Crippen molar-refractivity contribution in [2.24, 2.45) is 0 Å². The lowest BCUT2D eigenvalue weighted by molar-refractivity contribution is 0.0913. The maximum atomic E-state index is 12.0. The number of nitrogens with zero attached hydrogens (tertiary/aromatic N) is 3. The van der Waals surface area contributed by atoms with Gasteiger partial charge in [-0.3, -0.25) is 4.79 Å². The molecule has 0 atom stereocenters. The molecule has 0 aliphatic rings. The third kappa shape index (κ3) is 3.62. The van der Waals surface area contributed by atoms with Crippen LogP contribution in [0.2, 0.25) is 0 Å². The van der Waals surface area contributed by atoms with Gasteiger partial charge < -0.3 is 9.84 Å². The van der Waals surface area contributed by atoms with Crippen molar-refractivity contribution in [3.05, 3.63) is 52.9 Å². The molecule has 0 saturated carbocycles. The summed E-state index contributed by atoms with van der Waals surface area (Å²) in [6.45, 7) is 4.29. The van der Waals surface area contributed by atoms with Crippen molar-refractivity contribution in [1.82, 2.24) is 20.7 Å². The summed E-state index contributed by atoms with van der Waals surface area (Å²) in [6.07, 6.45) is 0. The van der Waals surface area contributed by atoms with Crippen molar-refractivity contribution in [3.8, 4) is 10.6 Å². The van der Waals surface area contributed by atoms with Crippen LogP contribution in [0.5, 0.6) is 0 Å². The average Bonchev–Trinajstić information content (AvgIpc) is 3.23. The van der Waals surface area contributed by atoms with Gasteiger partial charge in [-0.25, -0.2) is 0 Å². The van der Waals surface area contributed by atoms with E-state index in [1.807, 2.05) is 44.2 Å². The van der Waals surface area contributed by atoms with Gasteiger partial charge in [-0.1, -0.05) is 60.7 Å². The number of nitrogens with one attached hydrogen (secondary N) is 1. The summed E-state index contributed by atoms with van der Waals surface area (Å²) < 4.78 is 5.06. The molecular formula is C16H16N4O2S. The lowest BCUT2D eigenvalue weighted by Gasteiger charge is -1.98. The van der Waals surface area contributed by atoms with Crippen LogP contribution in [0.15, 0.2) is 40.9 Å². The summed E-state index contributed by atoms with van der Waals surface area (Å²) in [7, 11) is 0. The Labute approximate surface area is 137 Å². The Morgan fingerprint density at radius 3 is 2.74 bits per heavy atom. The number of amides is 1. The molecule has 2 heterocycles. The number of aromatic nitrogens is 3. The molecule has 1 amide bonds. The van der Waals surface area contributed by atoms with E-state index in [-0.39, 0.29) is 17.6 Å². The van der Waals surface area contributed by atoms with E-state index in [0.717, 1.165) is 21.3 Å². The number of carbonyl (C=O) groups is 1. The van der Waals surface area contributed by atoms with E-state index in [1.165, 1.54) is 11.3 Å². The van der Waals surface area contributed by atoms with Gasteiger partial charge >= 0.3 is 0 Å². The predicted molar refractivity (Wildman–Crippen MR) is 87.1 cm³/mol. The molecule has 2 aromatic heterocycles. The van der Waals surface area contributed by atoms with Gasteiger partial charge in [-0.2, -0.15) is 0 Å². The van der Waals surface area contributed by atoms with Crippen molar-refractivity contribution in [3.63, 3.8) is 0 Å². The molecule has 23 heavy (non-hydrogen) atoms. The number of carbonyl (C=O) groups excluding carboxylic acids is 1. The SMILES string of the molecule is CC(C)c1cc(C(=O)NCc2nnc(-c3ccccc3)s2)on1. The first-order chi connectivity index (χ1) is 11.1. The van der Waals surface area contributed by atoms with E-state index in [9.17, 15) is 4.79 Å². The van der Waals surface area contributed by atoms with E-state index in [0.29, 0.717) is 6.54 Å². The first-order valence-corrected chi connectivity index (χ1v) is 8.07.